The maximum absolute atomic E-state index is 5.16. The van der Waals surface area contributed by atoms with Crippen molar-refractivity contribution >= 4 is 17.3 Å². The molecular formula is C9H18N2S. The zero-order chi connectivity index (χ0) is 8.97. The molecule has 0 radical (unpaired) electrons. The Morgan fingerprint density at radius 2 is 2.08 bits per heavy atom. The molecule has 3 heteroatoms. The molecule has 0 aromatic rings. The summed E-state index contributed by atoms with van der Waals surface area (Å²) in [5, 5.41) is 3.93. The van der Waals surface area contributed by atoms with Crippen LogP contribution in [0, 0.1) is 5.92 Å². The number of piperidine rings is 1. The average Bonchev–Trinajstić information content (AvgIpc) is 2.17. The van der Waals surface area contributed by atoms with Gasteiger partial charge in [-0.3, -0.25) is 0 Å². The molecule has 2 nitrogen and oxygen atoms in total. The summed E-state index contributed by atoms with van der Waals surface area (Å²) >= 11 is 5.16. The molecule has 1 rings (SSSR count). The van der Waals surface area contributed by atoms with E-state index in [4.69, 9.17) is 12.2 Å². The third-order valence-electron chi connectivity index (χ3n) is 2.69. The van der Waals surface area contributed by atoms with Gasteiger partial charge < -0.3 is 10.2 Å². The van der Waals surface area contributed by atoms with Crippen molar-refractivity contribution in [3.8, 4) is 0 Å². The first-order valence-electron chi connectivity index (χ1n) is 4.74. The number of hydrogen-bond donors (Lipinski definition) is 1. The summed E-state index contributed by atoms with van der Waals surface area (Å²) < 4.78 is 0. The van der Waals surface area contributed by atoms with Crippen LogP contribution in [0.25, 0.3) is 0 Å². The lowest BCUT2D eigenvalue weighted by atomic mass is 9.95. The normalized spacial score (nSPS) is 19.3. The molecular weight excluding hydrogens is 168 g/mol. The van der Waals surface area contributed by atoms with Crippen molar-refractivity contribution in [2.45, 2.75) is 26.2 Å². The Kier molecular flexibility index (Phi) is 3.79. The summed E-state index contributed by atoms with van der Waals surface area (Å²) in [4.78, 5) is 2.27. The van der Waals surface area contributed by atoms with E-state index in [2.05, 4.69) is 17.1 Å². The third kappa shape index (κ3) is 2.34. The Hall–Kier alpha value is -0.310. The third-order valence-corrected chi connectivity index (χ3v) is 3.16. The number of nitrogens with one attached hydrogen (secondary N) is 1. The molecule has 0 saturated carbocycles. The Labute approximate surface area is 80.3 Å². The molecule has 0 aromatic carbocycles. The highest BCUT2D eigenvalue weighted by molar-refractivity contribution is 7.80. The smallest absolute Gasteiger partial charge is 0.168 e. The van der Waals surface area contributed by atoms with Gasteiger partial charge in [-0.1, -0.05) is 13.3 Å². The molecule has 0 unspecified atom stereocenters. The van der Waals surface area contributed by atoms with Crippen LogP contribution in [0.4, 0.5) is 0 Å². The van der Waals surface area contributed by atoms with E-state index < -0.39 is 0 Å². The maximum Gasteiger partial charge on any atom is 0.168 e. The van der Waals surface area contributed by atoms with Crippen molar-refractivity contribution in [3.05, 3.63) is 0 Å². The molecule has 1 aliphatic rings. The van der Waals surface area contributed by atoms with Crippen LogP contribution < -0.4 is 5.32 Å². The Balaban J connectivity index is 2.30. The van der Waals surface area contributed by atoms with E-state index >= 15 is 0 Å². The van der Waals surface area contributed by atoms with Gasteiger partial charge >= 0.3 is 0 Å². The molecule has 1 saturated heterocycles. The van der Waals surface area contributed by atoms with Crippen LogP contribution in [0.5, 0.6) is 0 Å². The van der Waals surface area contributed by atoms with E-state index in [9.17, 15) is 0 Å². The molecule has 0 aromatic heterocycles. The molecule has 1 N–H and O–H groups in total. The molecule has 0 aliphatic carbocycles. The molecule has 0 atom stereocenters. The number of rotatable bonds is 1. The fraction of sp³-hybridized carbons (Fsp3) is 0.889. The van der Waals surface area contributed by atoms with E-state index in [1.165, 1.54) is 19.3 Å². The van der Waals surface area contributed by atoms with Crippen LogP contribution in [0.15, 0.2) is 0 Å². The molecule has 1 heterocycles. The second kappa shape index (κ2) is 4.65. The van der Waals surface area contributed by atoms with Crippen LogP contribution in [0.2, 0.25) is 0 Å². The van der Waals surface area contributed by atoms with Gasteiger partial charge in [-0.15, -0.1) is 0 Å². The standard InChI is InChI=1S/C9H18N2S/c1-3-8-4-6-11(7-5-8)9(12)10-2/h8H,3-7H2,1-2H3,(H,10,12). The summed E-state index contributed by atoms with van der Waals surface area (Å²) in [6, 6.07) is 0. The zero-order valence-corrected chi connectivity index (χ0v) is 8.78. The van der Waals surface area contributed by atoms with Crippen molar-refractivity contribution in [2.75, 3.05) is 20.1 Å². The predicted octanol–water partition coefficient (Wildman–Crippen LogP) is 1.61. The van der Waals surface area contributed by atoms with Gasteiger partial charge in [0, 0.05) is 20.1 Å². The largest absolute Gasteiger partial charge is 0.366 e. The second-order valence-electron chi connectivity index (χ2n) is 3.39. The fourth-order valence-electron chi connectivity index (χ4n) is 1.70. The lowest BCUT2D eigenvalue weighted by Gasteiger charge is -2.32. The number of hydrogen-bond acceptors (Lipinski definition) is 1. The minimum absolute atomic E-state index is 0.907. The van der Waals surface area contributed by atoms with Crippen LogP contribution in [-0.4, -0.2) is 30.1 Å². The van der Waals surface area contributed by atoms with E-state index in [1.807, 2.05) is 7.05 Å². The monoisotopic (exact) mass is 186 g/mol. The Bertz CT molecular complexity index is 151. The van der Waals surface area contributed by atoms with Gasteiger partial charge in [0.15, 0.2) is 5.11 Å². The first kappa shape index (κ1) is 9.78. The number of likely N-dealkylation sites (tertiary alicyclic amines) is 1. The van der Waals surface area contributed by atoms with Gasteiger partial charge in [0.2, 0.25) is 0 Å². The van der Waals surface area contributed by atoms with Crippen molar-refractivity contribution in [3.63, 3.8) is 0 Å². The van der Waals surface area contributed by atoms with Crippen molar-refractivity contribution in [1.82, 2.24) is 10.2 Å². The average molecular weight is 186 g/mol. The molecule has 0 amide bonds. The topological polar surface area (TPSA) is 15.3 Å². The van der Waals surface area contributed by atoms with Crippen LogP contribution in [0.1, 0.15) is 26.2 Å². The Morgan fingerprint density at radius 1 is 1.50 bits per heavy atom. The zero-order valence-electron chi connectivity index (χ0n) is 7.97. The first-order valence-corrected chi connectivity index (χ1v) is 5.15. The molecule has 12 heavy (non-hydrogen) atoms. The van der Waals surface area contributed by atoms with Crippen molar-refractivity contribution in [2.24, 2.45) is 5.92 Å². The number of thiocarbonyl (C=S) groups is 1. The highest BCUT2D eigenvalue weighted by Crippen LogP contribution is 2.19. The molecule has 70 valence electrons. The van der Waals surface area contributed by atoms with Crippen molar-refractivity contribution in [1.29, 1.82) is 0 Å². The lowest BCUT2D eigenvalue weighted by Crippen LogP contribution is -2.42. The Morgan fingerprint density at radius 3 is 2.50 bits per heavy atom. The summed E-state index contributed by atoms with van der Waals surface area (Å²) in [5.41, 5.74) is 0. The lowest BCUT2D eigenvalue weighted by molar-refractivity contribution is 0.260. The summed E-state index contributed by atoms with van der Waals surface area (Å²) in [7, 11) is 1.90. The van der Waals surface area contributed by atoms with Crippen LogP contribution >= 0.6 is 12.2 Å². The van der Waals surface area contributed by atoms with E-state index in [0.717, 1.165) is 24.1 Å². The van der Waals surface area contributed by atoms with Gasteiger partial charge in [0.1, 0.15) is 0 Å². The quantitative estimate of drug-likeness (QED) is 0.626. The molecule has 0 bridgehead atoms. The maximum atomic E-state index is 5.16. The fourth-order valence-corrected chi connectivity index (χ4v) is 1.88. The van der Waals surface area contributed by atoms with Gasteiger partial charge in [-0.2, -0.15) is 0 Å². The summed E-state index contributed by atoms with van der Waals surface area (Å²) in [5.74, 6) is 0.931. The van der Waals surface area contributed by atoms with E-state index in [1.54, 1.807) is 0 Å². The molecule has 1 aliphatic heterocycles. The highest BCUT2D eigenvalue weighted by Gasteiger charge is 2.18. The summed E-state index contributed by atoms with van der Waals surface area (Å²) in [6.45, 7) is 4.55. The van der Waals surface area contributed by atoms with E-state index in [0.29, 0.717) is 0 Å². The SMILES string of the molecule is CCC1CCN(C(=S)NC)CC1. The van der Waals surface area contributed by atoms with Crippen molar-refractivity contribution < 1.29 is 0 Å². The molecule has 0 spiro atoms. The van der Waals surface area contributed by atoms with Gasteiger partial charge in [0.05, 0.1) is 0 Å². The van der Waals surface area contributed by atoms with Gasteiger partial charge in [-0.05, 0) is 31.0 Å². The van der Waals surface area contributed by atoms with E-state index in [-0.39, 0.29) is 0 Å². The first-order chi connectivity index (χ1) is 5.77. The predicted molar refractivity (Wildman–Crippen MR) is 56.2 cm³/mol. The molecule has 1 fully saturated rings. The number of nitrogens with zero attached hydrogens (tertiary/aromatic N) is 1. The van der Waals surface area contributed by atoms with Crippen LogP contribution in [-0.2, 0) is 0 Å². The second-order valence-corrected chi connectivity index (χ2v) is 3.78. The van der Waals surface area contributed by atoms with Gasteiger partial charge in [-0.25, -0.2) is 0 Å². The minimum Gasteiger partial charge on any atom is -0.366 e. The van der Waals surface area contributed by atoms with Gasteiger partial charge in [0.25, 0.3) is 0 Å². The van der Waals surface area contributed by atoms with Crippen LogP contribution in [0.3, 0.4) is 0 Å². The summed E-state index contributed by atoms with van der Waals surface area (Å²) in [6.07, 6.45) is 3.93. The highest BCUT2D eigenvalue weighted by atomic mass is 32.1. The minimum atomic E-state index is 0.907.